The van der Waals surface area contributed by atoms with E-state index in [1.165, 1.54) is 19.3 Å². The van der Waals surface area contributed by atoms with Crippen LogP contribution in [0, 0.1) is 0 Å². The molecule has 0 atom stereocenters. The van der Waals surface area contributed by atoms with Crippen molar-refractivity contribution in [2.24, 2.45) is 0 Å². The fraction of sp³-hybridized carbons (Fsp3) is 0.500. The quantitative estimate of drug-likeness (QED) is 0.874. The summed E-state index contributed by atoms with van der Waals surface area (Å²) in [7, 11) is 0. The van der Waals surface area contributed by atoms with E-state index in [0.29, 0.717) is 19.5 Å². The highest BCUT2D eigenvalue weighted by Gasteiger charge is 2.14. The van der Waals surface area contributed by atoms with Gasteiger partial charge in [0.2, 0.25) is 0 Å². The fourth-order valence-corrected chi connectivity index (χ4v) is 2.75. The van der Waals surface area contributed by atoms with E-state index >= 15 is 0 Å². The summed E-state index contributed by atoms with van der Waals surface area (Å²) in [6, 6.07) is 5.45. The Bertz CT molecular complexity index is 639. The first-order valence-corrected chi connectivity index (χ1v) is 8.15. The molecule has 2 aromatic heterocycles. The molecule has 7 nitrogen and oxygen atoms in total. The van der Waals surface area contributed by atoms with Crippen LogP contribution >= 0.6 is 0 Å². The van der Waals surface area contributed by atoms with Crippen molar-refractivity contribution in [1.82, 2.24) is 30.4 Å². The molecule has 0 fully saturated rings. The van der Waals surface area contributed by atoms with Gasteiger partial charge in [0.15, 0.2) is 0 Å². The molecule has 0 unspecified atom stereocenters. The summed E-state index contributed by atoms with van der Waals surface area (Å²) in [6.45, 7) is 1.96. The van der Waals surface area contributed by atoms with Crippen LogP contribution in [0.5, 0.6) is 0 Å². The van der Waals surface area contributed by atoms with Gasteiger partial charge < -0.3 is 15.2 Å². The summed E-state index contributed by atoms with van der Waals surface area (Å²) in [6.07, 6.45) is 7.03. The standard InChI is InChI=1S/C16H22N6O/c23-16(19-12-13-6-3-4-9-17-13)18-10-8-15-21-20-14-7-2-1-5-11-22(14)15/h3-4,6,9H,1-2,5,7-8,10-12H2,(H2,18,19,23). The highest BCUT2D eigenvalue weighted by atomic mass is 16.2. The summed E-state index contributed by atoms with van der Waals surface area (Å²) >= 11 is 0. The van der Waals surface area contributed by atoms with Gasteiger partial charge in [-0.15, -0.1) is 10.2 Å². The summed E-state index contributed by atoms with van der Waals surface area (Å²) < 4.78 is 2.21. The number of pyridine rings is 1. The first kappa shape index (κ1) is 15.5. The van der Waals surface area contributed by atoms with Crippen LogP contribution in [0.15, 0.2) is 24.4 Å². The van der Waals surface area contributed by atoms with Gasteiger partial charge in [-0.3, -0.25) is 4.98 Å². The molecule has 0 aliphatic carbocycles. The van der Waals surface area contributed by atoms with Gasteiger partial charge in [-0.1, -0.05) is 12.5 Å². The lowest BCUT2D eigenvalue weighted by molar-refractivity contribution is 0.240. The zero-order valence-electron chi connectivity index (χ0n) is 13.2. The Kier molecular flexibility index (Phi) is 5.18. The molecule has 3 heterocycles. The van der Waals surface area contributed by atoms with Crippen molar-refractivity contribution in [3.8, 4) is 0 Å². The number of hydrogen-bond acceptors (Lipinski definition) is 4. The Labute approximate surface area is 135 Å². The SMILES string of the molecule is O=C(NCCc1nnc2n1CCCCC2)NCc1ccccn1. The molecule has 2 N–H and O–H groups in total. The van der Waals surface area contributed by atoms with Crippen molar-refractivity contribution in [2.45, 2.75) is 45.2 Å². The molecule has 1 aliphatic heterocycles. The minimum Gasteiger partial charge on any atom is -0.338 e. The zero-order valence-corrected chi connectivity index (χ0v) is 13.2. The number of aromatic nitrogens is 4. The fourth-order valence-electron chi connectivity index (χ4n) is 2.75. The second-order valence-electron chi connectivity index (χ2n) is 5.68. The average Bonchev–Trinajstić information content (AvgIpc) is 2.81. The highest BCUT2D eigenvalue weighted by molar-refractivity contribution is 5.73. The molecular formula is C16H22N6O. The molecule has 0 spiro atoms. The van der Waals surface area contributed by atoms with Gasteiger partial charge in [-0.2, -0.15) is 0 Å². The molecule has 3 rings (SSSR count). The van der Waals surface area contributed by atoms with E-state index in [0.717, 1.165) is 30.3 Å². The average molecular weight is 314 g/mol. The topological polar surface area (TPSA) is 84.7 Å². The summed E-state index contributed by atoms with van der Waals surface area (Å²) in [4.78, 5) is 16.0. The third-order valence-electron chi connectivity index (χ3n) is 3.98. The summed E-state index contributed by atoms with van der Waals surface area (Å²) in [5.41, 5.74) is 0.838. The number of rotatable bonds is 5. The normalized spacial score (nSPS) is 13.9. The molecular weight excluding hydrogens is 292 g/mol. The van der Waals surface area contributed by atoms with Crippen LogP contribution in [-0.2, 0) is 25.9 Å². The smallest absolute Gasteiger partial charge is 0.315 e. The number of carbonyl (C=O) groups excluding carboxylic acids is 1. The van der Waals surface area contributed by atoms with Crippen molar-refractivity contribution >= 4 is 6.03 Å². The number of amides is 2. The lowest BCUT2D eigenvalue weighted by atomic mass is 10.2. The maximum atomic E-state index is 11.8. The van der Waals surface area contributed by atoms with E-state index in [-0.39, 0.29) is 6.03 Å². The number of carbonyl (C=O) groups is 1. The maximum absolute atomic E-state index is 11.8. The van der Waals surface area contributed by atoms with E-state index in [1.54, 1.807) is 6.20 Å². The largest absolute Gasteiger partial charge is 0.338 e. The molecule has 23 heavy (non-hydrogen) atoms. The number of urea groups is 1. The Hall–Kier alpha value is -2.44. The van der Waals surface area contributed by atoms with Crippen LogP contribution in [0.25, 0.3) is 0 Å². The Morgan fingerprint density at radius 2 is 2.13 bits per heavy atom. The first-order valence-electron chi connectivity index (χ1n) is 8.15. The minimum atomic E-state index is -0.189. The molecule has 0 saturated carbocycles. The van der Waals surface area contributed by atoms with Crippen LogP contribution in [0.3, 0.4) is 0 Å². The van der Waals surface area contributed by atoms with Crippen molar-refractivity contribution < 1.29 is 4.79 Å². The van der Waals surface area contributed by atoms with Gasteiger partial charge in [0.05, 0.1) is 12.2 Å². The van der Waals surface area contributed by atoms with E-state index in [2.05, 4.69) is 30.4 Å². The maximum Gasteiger partial charge on any atom is 0.315 e. The molecule has 0 aromatic carbocycles. The Morgan fingerprint density at radius 1 is 1.17 bits per heavy atom. The van der Waals surface area contributed by atoms with Gasteiger partial charge in [-0.05, 0) is 25.0 Å². The summed E-state index contributed by atoms with van der Waals surface area (Å²) in [5, 5.41) is 14.2. The molecule has 122 valence electrons. The lowest BCUT2D eigenvalue weighted by Gasteiger charge is -2.09. The van der Waals surface area contributed by atoms with Crippen LogP contribution in [0.1, 0.15) is 36.6 Å². The number of nitrogens with zero attached hydrogens (tertiary/aromatic N) is 4. The van der Waals surface area contributed by atoms with Gasteiger partial charge >= 0.3 is 6.03 Å². The van der Waals surface area contributed by atoms with Crippen molar-refractivity contribution in [3.63, 3.8) is 0 Å². The monoisotopic (exact) mass is 314 g/mol. The zero-order chi connectivity index (χ0) is 15.9. The number of hydrogen-bond donors (Lipinski definition) is 2. The predicted molar refractivity (Wildman–Crippen MR) is 85.8 cm³/mol. The Morgan fingerprint density at radius 3 is 3.00 bits per heavy atom. The van der Waals surface area contributed by atoms with Gasteiger partial charge in [-0.25, -0.2) is 4.79 Å². The molecule has 2 aromatic rings. The van der Waals surface area contributed by atoms with Crippen LogP contribution in [-0.4, -0.2) is 32.3 Å². The third-order valence-corrected chi connectivity index (χ3v) is 3.98. The number of fused-ring (bicyclic) bond motifs is 1. The van der Waals surface area contributed by atoms with Crippen LogP contribution in [0.4, 0.5) is 4.79 Å². The number of nitrogens with one attached hydrogen (secondary N) is 2. The molecule has 0 saturated heterocycles. The van der Waals surface area contributed by atoms with Gasteiger partial charge in [0.1, 0.15) is 11.6 Å². The van der Waals surface area contributed by atoms with Crippen LogP contribution < -0.4 is 10.6 Å². The van der Waals surface area contributed by atoms with E-state index in [4.69, 9.17) is 0 Å². The van der Waals surface area contributed by atoms with Crippen molar-refractivity contribution in [3.05, 3.63) is 41.7 Å². The first-order chi connectivity index (χ1) is 11.3. The van der Waals surface area contributed by atoms with Gasteiger partial charge in [0, 0.05) is 32.1 Å². The van der Waals surface area contributed by atoms with E-state index < -0.39 is 0 Å². The van der Waals surface area contributed by atoms with Crippen LogP contribution in [0.2, 0.25) is 0 Å². The van der Waals surface area contributed by atoms with E-state index in [9.17, 15) is 4.79 Å². The third kappa shape index (κ3) is 4.28. The Balaban J connectivity index is 1.43. The summed E-state index contributed by atoms with van der Waals surface area (Å²) in [5.74, 6) is 2.05. The predicted octanol–water partition coefficient (Wildman–Crippen LogP) is 1.44. The molecule has 0 radical (unpaired) electrons. The molecule has 0 bridgehead atoms. The van der Waals surface area contributed by atoms with Gasteiger partial charge in [0.25, 0.3) is 0 Å². The van der Waals surface area contributed by atoms with Crippen molar-refractivity contribution in [1.29, 1.82) is 0 Å². The highest BCUT2D eigenvalue weighted by Crippen LogP contribution is 2.14. The van der Waals surface area contributed by atoms with Crippen molar-refractivity contribution in [2.75, 3.05) is 6.54 Å². The lowest BCUT2D eigenvalue weighted by Crippen LogP contribution is -2.36. The second kappa shape index (κ2) is 7.71. The molecule has 1 aliphatic rings. The molecule has 7 heteroatoms. The second-order valence-corrected chi connectivity index (χ2v) is 5.68. The minimum absolute atomic E-state index is 0.189. The van der Waals surface area contributed by atoms with E-state index in [1.807, 2.05) is 18.2 Å². The number of aryl methyl sites for hydroxylation is 1. The molecule has 2 amide bonds.